The van der Waals surface area contributed by atoms with Crippen LogP contribution in [-0.4, -0.2) is 80.1 Å². The number of aromatic nitrogens is 2. The van der Waals surface area contributed by atoms with Crippen molar-refractivity contribution in [3.05, 3.63) is 34.6 Å². The molecule has 2 aromatic rings. The monoisotopic (exact) mass is 572 g/mol. The number of rotatable bonds is 7. The maximum atomic E-state index is 5.49. The molecule has 9 nitrogen and oxygen atoms in total. The number of halogens is 1. The first-order valence-electron chi connectivity index (χ1n) is 10.9. The van der Waals surface area contributed by atoms with Gasteiger partial charge >= 0.3 is 0 Å². The average Bonchev–Trinajstić information content (AvgIpc) is 3.05. The standard InChI is InChI=1S/C23H36N6O3.HI/c1-16-19(17(2)27(4)26-16)14-25-23(24-3)29-10-8-28(9-11-29)15-18-12-20(30-5)22(32-7)21(13-18)31-6;/h12-13H,8-11,14-15H2,1-7H3,(H,24,25);1H. The molecule has 1 aliphatic rings. The van der Waals surface area contributed by atoms with Gasteiger partial charge in [0.2, 0.25) is 5.75 Å². The largest absolute Gasteiger partial charge is 0.493 e. The third kappa shape index (κ3) is 6.23. The van der Waals surface area contributed by atoms with Crippen molar-refractivity contribution in [2.24, 2.45) is 12.0 Å². The molecule has 2 heterocycles. The number of ether oxygens (including phenoxy) is 3. The number of guanidine groups is 1. The first kappa shape index (κ1) is 27.0. The van der Waals surface area contributed by atoms with E-state index in [1.807, 2.05) is 30.9 Å². The Labute approximate surface area is 214 Å². The highest BCUT2D eigenvalue weighted by Crippen LogP contribution is 2.38. The predicted octanol–water partition coefficient (Wildman–Crippen LogP) is 2.57. The molecule has 1 saturated heterocycles. The summed E-state index contributed by atoms with van der Waals surface area (Å²) in [6, 6.07) is 4.04. The zero-order chi connectivity index (χ0) is 23.3. The Balaban J connectivity index is 0.00000385. The van der Waals surface area contributed by atoms with Gasteiger partial charge in [0, 0.05) is 64.6 Å². The molecule has 184 valence electrons. The van der Waals surface area contributed by atoms with Crippen molar-refractivity contribution in [2.75, 3.05) is 54.6 Å². The van der Waals surface area contributed by atoms with Crippen LogP contribution >= 0.6 is 24.0 Å². The number of aryl methyl sites for hydroxylation is 2. The van der Waals surface area contributed by atoms with E-state index >= 15 is 0 Å². The molecule has 3 rings (SSSR count). The van der Waals surface area contributed by atoms with Crippen LogP contribution in [0.3, 0.4) is 0 Å². The maximum Gasteiger partial charge on any atom is 0.203 e. The molecule has 0 aliphatic carbocycles. The second-order valence-corrected chi connectivity index (χ2v) is 7.97. The summed E-state index contributed by atoms with van der Waals surface area (Å²) in [6.45, 7) is 9.42. The second-order valence-electron chi connectivity index (χ2n) is 7.97. The third-order valence-corrected chi connectivity index (χ3v) is 6.10. The van der Waals surface area contributed by atoms with Crippen molar-refractivity contribution >= 4 is 29.9 Å². The van der Waals surface area contributed by atoms with E-state index in [0.717, 1.165) is 56.5 Å². The van der Waals surface area contributed by atoms with Gasteiger partial charge < -0.3 is 24.4 Å². The summed E-state index contributed by atoms with van der Waals surface area (Å²) in [7, 11) is 8.73. The number of piperazine rings is 1. The Hall–Kier alpha value is -2.21. The van der Waals surface area contributed by atoms with Crippen molar-refractivity contribution in [1.82, 2.24) is 24.9 Å². The molecule has 0 amide bonds. The summed E-state index contributed by atoms with van der Waals surface area (Å²) in [5, 5.41) is 8.02. The van der Waals surface area contributed by atoms with Crippen molar-refractivity contribution in [3.8, 4) is 17.2 Å². The second kappa shape index (κ2) is 12.3. The summed E-state index contributed by atoms with van der Waals surface area (Å²) in [6.07, 6.45) is 0. The number of nitrogens with zero attached hydrogens (tertiary/aromatic N) is 5. The van der Waals surface area contributed by atoms with Gasteiger partial charge in [-0.15, -0.1) is 24.0 Å². The molecule has 0 unspecified atom stereocenters. The first-order valence-corrected chi connectivity index (χ1v) is 10.9. The molecule has 0 saturated carbocycles. The van der Waals surface area contributed by atoms with Crippen molar-refractivity contribution in [1.29, 1.82) is 0 Å². The van der Waals surface area contributed by atoms with Gasteiger partial charge in [-0.25, -0.2) is 0 Å². The molecule has 1 aliphatic heterocycles. The lowest BCUT2D eigenvalue weighted by atomic mass is 10.1. The van der Waals surface area contributed by atoms with Gasteiger partial charge in [-0.1, -0.05) is 0 Å². The zero-order valence-corrected chi connectivity index (χ0v) is 23.1. The van der Waals surface area contributed by atoms with E-state index in [9.17, 15) is 0 Å². The van der Waals surface area contributed by atoms with Gasteiger partial charge in [0.05, 0.1) is 27.0 Å². The maximum absolute atomic E-state index is 5.49. The molecule has 33 heavy (non-hydrogen) atoms. The minimum absolute atomic E-state index is 0. The van der Waals surface area contributed by atoms with E-state index in [1.54, 1.807) is 21.3 Å². The van der Waals surface area contributed by atoms with E-state index in [-0.39, 0.29) is 24.0 Å². The third-order valence-electron chi connectivity index (χ3n) is 6.10. The van der Waals surface area contributed by atoms with Gasteiger partial charge in [-0.3, -0.25) is 14.6 Å². The van der Waals surface area contributed by atoms with Crippen LogP contribution in [0.15, 0.2) is 17.1 Å². The fraction of sp³-hybridized carbons (Fsp3) is 0.565. The summed E-state index contributed by atoms with van der Waals surface area (Å²) in [5.74, 6) is 2.93. The number of nitrogens with one attached hydrogen (secondary N) is 1. The number of hydrogen-bond acceptors (Lipinski definition) is 6. The molecular formula is C23H37IN6O3. The number of methoxy groups -OCH3 is 3. The molecule has 0 radical (unpaired) electrons. The summed E-state index contributed by atoms with van der Waals surface area (Å²) in [4.78, 5) is 9.25. The first-order chi connectivity index (χ1) is 15.4. The lowest BCUT2D eigenvalue weighted by molar-refractivity contribution is 0.172. The fourth-order valence-corrected chi connectivity index (χ4v) is 4.18. The van der Waals surface area contributed by atoms with Crippen molar-refractivity contribution in [2.45, 2.75) is 26.9 Å². The van der Waals surface area contributed by atoms with Gasteiger partial charge in [0.1, 0.15) is 0 Å². The molecule has 0 spiro atoms. The zero-order valence-electron chi connectivity index (χ0n) is 20.8. The van der Waals surface area contributed by atoms with Crippen LogP contribution in [0.25, 0.3) is 0 Å². The lowest BCUT2D eigenvalue weighted by Crippen LogP contribution is -2.52. The Bertz CT molecular complexity index is 929. The molecule has 1 aromatic carbocycles. The Morgan fingerprint density at radius 3 is 2.09 bits per heavy atom. The van der Waals surface area contributed by atoms with Crippen LogP contribution in [0.1, 0.15) is 22.5 Å². The molecule has 1 fully saturated rings. The van der Waals surface area contributed by atoms with Gasteiger partial charge in [0.25, 0.3) is 0 Å². The number of benzene rings is 1. The predicted molar refractivity (Wildman–Crippen MR) is 141 cm³/mol. The highest BCUT2D eigenvalue weighted by Gasteiger charge is 2.21. The highest BCUT2D eigenvalue weighted by molar-refractivity contribution is 14.0. The van der Waals surface area contributed by atoms with Crippen LogP contribution in [0.4, 0.5) is 0 Å². The lowest BCUT2D eigenvalue weighted by Gasteiger charge is -2.36. The molecular weight excluding hydrogens is 535 g/mol. The van der Waals surface area contributed by atoms with Gasteiger partial charge in [0.15, 0.2) is 17.5 Å². The van der Waals surface area contributed by atoms with E-state index in [1.165, 1.54) is 11.3 Å². The Kier molecular flexibility index (Phi) is 10.1. The van der Waals surface area contributed by atoms with E-state index < -0.39 is 0 Å². The van der Waals surface area contributed by atoms with Gasteiger partial charge in [-0.05, 0) is 31.5 Å². The van der Waals surface area contributed by atoms with Crippen LogP contribution in [0.2, 0.25) is 0 Å². The molecule has 1 N–H and O–H groups in total. The minimum atomic E-state index is 0. The van der Waals surface area contributed by atoms with Gasteiger partial charge in [-0.2, -0.15) is 5.10 Å². The van der Waals surface area contributed by atoms with Crippen molar-refractivity contribution in [3.63, 3.8) is 0 Å². The van der Waals surface area contributed by atoms with Crippen LogP contribution in [0, 0.1) is 13.8 Å². The molecule has 0 bridgehead atoms. The van der Waals surface area contributed by atoms with Crippen LogP contribution in [-0.2, 0) is 20.1 Å². The number of hydrogen-bond donors (Lipinski definition) is 1. The smallest absolute Gasteiger partial charge is 0.203 e. The molecule has 1 aromatic heterocycles. The fourth-order valence-electron chi connectivity index (χ4n) is 4.18. The summed E-state index contributed by atoms with van der Waals surface area (Å²) in [5.41, 5.74) is 4.61. The molecule has 10 heteroatoms. The normalized spacial score (nSPS) is 14.6. The average molecular weight is 572 g/mol. The van der Waals surface area contributed by atoms with Crippen LogP contribution < -0.4 is 19.5 Å². The van der Waals surface area contributed by atoms with Crippen LogP contribution in [0.5, 0.6) is 17.2 Å². The summed E-state index contributed by atoms with van der Waals surface area (Å²) < 4.78 is 18.3. The van der Waals surface area contributed by atoms with E-state index in [2.05, 4.69) is 39.1 Å². The highest BCUT2D eigenvalue weighted by atomic mass is 127. The topological polar surface area (TPSA) is 76.4 Å². The number of aliphatic imine (C=N–C) groups is 1. The minimum Gasteiger partial charge on any atom is -0.493 e. The Morgan fingerprint density at radius 1 is 1.03 bits per heavy atom. The van der Waals surface area contributed by atoms with E-state index in [4.69, 9.17) is 14.2 Å². The van der Waals surface area contributed by atoms with E-state index in [0.29, 0.717) is 17.2 Å². The quantitative estimate of drug-likeness (QED) is 0.311. The summed E-state index contributed by atoms with van der Waals surface area (Å²) >= 11 is 0. The molecule has 0 atom stereocenters. The Morgan fingerprint density at radius 2 is 1.64 bits per heavy atom. The SMILES string of the molecule is CN=C(NCc1c(C)nn(C)c1C)N1CCN(Cc2cc(OC)c(OC)c(OC)c2)CC1.I. The van der Waals surface area contributed by atoms with Crippen molar-refractivity contribution < 1.29 is 14.2 Å².